The Morgan fingerprint density at radius 1 is 1.37 bits per heavy atom. The van der Waals surface area contributed by atoms with Crippen LogP contribution in [0.3, 0.4) is 0 Å². The maximum Gasteiger partial charge on any atom is 0.341 e. The number of nitrogens with zero attached hydrogens (tertiary/aromatic N) is 2. The van der Waals surface area contributed by atoms with E-state index in [4.69, 9.17) is 10.5 Å². The van der Waals surface area contributed by atoms with Crippen LogP contribution in [0, 0.1) is 18.6 Å². The molecule has 19 heavy (non-hydrogen) atoms. The van der Waals surface area contributed by atoms with Gasteiger partial charge in [0.15, 0.2) is 0 Å². The fourth-order valence-electron chi connectivity index (χ4n) is 1.31. The zero-order chi connectivity index (χ0) is 14.0. The van der Waals surface area contributed by atoms with Gasteiger partial charge in [-0.3, -0.25) is 0 Å². The number of benzene rings is 1. The van der Waals surface area contributed by atoms with Gasteiger partial charge in [0.25, 0.3) is 0 Å². The Bertz CT molecular complexity index is 628. The first-order valence-electron chi connectivity index (χ1n) is 5.18. The largest absolute Gasteiger partial charge is 0.455 e. The number of halogens is 2. The molecule has 0 aliphatic rings. The minimum absolute atomic E-state index is 0.250. The van der Waals surface area contributed by atoms with Crippen molar-refractivity contribution in [1.82, 2.24) is 10.3 Å². The van der Waals surface area contributed by atoms with Gasteiger partial charge in [-0.25, -0.2) is 18.2 Å². The van der Waals surface area contributed by atoms with Gasteiger partial charge in [-0.05, 0) is 13.0 Å². The lowest BCUT2D eigenvalue weighted by molar-refractivity contribution is 0.0457. The third kappa shape index (κ3) is 2.67. The summed E-state index contributed by atoms with van der Waals surface area (Å²) in [4.78, 5) is 11.6. The predicted molar refractivity (Wildman–Crippen MR) is 58.9 cm³/mol. The number of hydrogen-bond acceptors (Lipinski definition) is 6. The van der Waals surface area contributed by atoms with E-state index < -0.39 is 23.2 Å². The summed E-state index contributed by atoms with van der Waals surface area (Å²) in [5.41, 5.74) is 4.98. The molecule has 6 nitrogen and oxygen atoms in total. The second-order valence-electron chi connectivity index (χ2n) is 3.73. The van der Waals surface area contributed by atoms with Crippen molar-refractivity contribution >= 4 is 11.7 Å². The third-order valence-corrected chi connectivity index (χ3v) is 2.39. The lowest BCUT2D eigenvalue weighted by atomic mass is 10.2. The Hall–Kier alpha value is -2.51. The van der Waals surface area contributed by atoms with Crippen LogP contribution in [-0.2, 0) is 11.3 Å². The average molecular weight is 269 g/mol. The SMILES string of the molecule is Cc1nonc1COC(=O)c1cc(F)c(N)cc1F. The molecule has 0 radical (unpaired) electrons. The summed E-state index contributed by atoms with van der Waals surface area (Å²) >= 11 is 0. The number of carbonyl (C=O) groups excluding carboxylic acids is 1. The van der Waals surface area contributed by atoms with Crippen LogP contribution < -0.4 is 5.73 Å². The maximum absolute atomic E-state index is 13.4. The highest BCUT2D eigenvalue weighted by molar-refractivity contribution is 5.90. The molecule has 2 rings (SSSR count). The van der Waals surface area contributed by atoms with E-state index in [1.54, 1.807) is 6.92 Å². The molecule has 1 aromatic heterocycles. The summed E-state index contributed by atoms with van der Waals surface area (Å²) in [7, 11) is 0. The fourth-order valence-corrected chi connectivity index (χ4v) is 1.31. The van der Waals surface area contributed by atoms with E-state index in [9.17, 15) is 13.6 Å². The summed E-state index contributed by atoms with van der Waals surface area (Å²) in [5, 5.41) is 6.97. The highest BCUT2D eigenvalue weighted by atomic mass is 19.1. The molecule has 1 aromatic carbocycles. The van der Waals surface area contributed by atoms with Crippen molar-refractivity contribution in [2.45, 2.75) is 13.5 Å². The molecule has 0 fully saturated rings. The van der Waals surface area contributed by atoms with E-state index in [2.05, 4.69) is 14.9 Å². The van der Waals surface area contributed by atoms with Gasteiger partial charge in [0.2, 0.25) is 0 Å². The third-order valence-electron chi connectivity index (χ3n) is 2.39. The van der Waals surface area contributed by atoms with Gasteiger partial charge in [-0.1, -0.05) is 10.3 Å². The molecule has 0 aliphatic heterocycles. The molecular weight excluding hydrogens is 260 g/mol. The van der Waals surface area contributed by atoms with Crippen molar-refractivity contribution in [3.63, 3.8) is 0 Å². The molecule has 100 valence electrons. The number of carbonyl (C=O) groups is 1. The van der Waals surface area contributed by atoms with E-state index in [0.717, 1.165) is 6.07 Å². The van der Waals surface area contributed by atoms with Crippen LogP contribution in [0.25, 0.3) is 0 Å². The monoisotopic (exact) mass is 269 g/mol. The van der Waals surface area contributed by atoms with E-state index in [-0.39, 0.29) is 12.3 Å². The number of nitrogen functional groups attached to an aromatic ring is 1. The second-order valence-corrected chi connectivity index (χ2v) is 3.73. The van der Waals surface area contributed by atoms with E-state index >= 15 is 0 Å². The number of aryl methyl sites for hydroxylation is 1. The number of aromatic nitrogens is 2. The predicted octanol–water partition coefficient (Wildman–Crippen LogP) is 1.60. The van der Waals surface area contributed by atoms with Crippen molar-refractivity contribution in [2.75, 3.05) is 5.73 Å². The molecule has 0 saturated carbocycles. The van der Waals surface area contributed by atoms with Gasteiger partial charge in [0.1, 0.15) is 29.6 Å². The Balaban J connectivity index is 2.12. The Kier molecular flexibility index (Phi) is 3.41. The normalized spacial score (nSPS) is 10.5. The number of hydrogen-bond donors (Lipinski definition) is 1. The van der Waals surface area contributed by atoms with Gasteiger partial charge in [-0.15, -0.1) is 0 Å². The van der Waals surface area contributed by atoms with Crippen molar-refractivity contribution < 1.29 is 22.9 Å². The van der Waals surface area contributed by atoms with Gasteiger partial charge in [0, 0.05) is 6.07 Å². The summed E-state index contributed by atoms with van der Waals surface area (Å²) in [6, 6.07) is 1.40. The van der Waals surface area contributed by atoms with Crippen LogP contribution in [0.4, 0.5) is 14.5 Å². The topological polar surface area (TPSA) is 91.2 Å². The van der Waals surface area contributed by atoms with Crippen LogP contribution in [0.15, 0.2) is 16.8 Å². The number of nitrogens with two attached hydrogens (primary N) is 1. The molecular formula is C11H9F2N3O3. The average Bonchev–Trinajstić information content (AvgIpc) is 2.76. The zero-order valence-electron chi connectivity index (χ0n) is 9.81. The molecule has 8 heteroatoms. The number of esters is 1. The Morgan fingerprint density at radius 2 is 2.11 bits per heavy atom. The van der Waals surface area contributed by atoms with Gasteiger partial charge >= 0.3 is 5.97 Å². The highest BCUT2D eigenvalue weighted by Crippen LogP contribution is 2.18. The lowest BCUT2D eigenvalue weighted by Gasteiger charge is -2.05. The molecule has 2 N–H and O–H groups in total. The smallest absolute Gasteiger partial charge is 0.341 e. The minimum Gasteiger partial charge on any atom is -0.455 e. The van der Waals surface area contributed by atoms with E-state index in [0.29, 0.717) is 17.5 Å². The van der Waals surface area contributed by atoms with Crippen LogP contribution in [0.5, 0.6) is 0 Å². The molecule has 0 amide bonds. The molecule has 0 bridgehead atoms. The highest BCUT2D eigenvalue weighted by Gasteiger charge is 2.17. The second kappa shape index (κ2) is 5.01. The number of rotatable bonds is 3. The molecule has 0 atom stereocenters. The van der Waals surface area contributed by atoms with E-state index in [1.807, 2.05) is 0 Å². The fraction of sp³-hybridized carbons (Fsp3) is 0.182. The van der Waals surface area contributed by atoms with Crippen molar-refractivity contribution in [2.24, 2.45) is 0 Å². The minimum atomic E-state index is -1.03. The van der Waals surface area contributed by atoms with Gasteiger partial charge < -0.3 is 10.5 Å². The Labute approximate surface area is 106 Å². The van der Waals surface area contributed by atoms with Crippen LogP contribution >= 0.6 is 0 Å². The van der Waals surface area contributed by atoms with Crippen LogP contribution in [-0.4, -0.2) is 16.3 Å². The van der Waals surface area contributed by atoms with Crippen molar-refractivity contribution in [3.8, 4) is 0 Å². The quantitative estimate of drug-likeness (QED) is 0.672. The summed E-state index contributed by atoms with van der Waals surface area (Å²) < 4.78 is 35.8. The van der Waals surface area contributed by atoms with Crippen molar-refractivity contribution in [1.29, 1.82) is 0 Å². The summed E-state index contributed by atoms with van der Waals surface area (Å²) in [5.74, 6) is -2.88. The van der Waals surface area contributed by atoms with Gasteiger partial charge in [0.05, 0.1) is 11.3 Å². The Morgan fingerprint density at radius 3 is 2.74 bits per heavy atom. The van der Waals surface area contributed by atoms with Crippen molar-refractivity contribution in [3.05, 3.63) is 40.7 Å². The van der Waals surface area contributed by atoms with Gasteiger partial charge in [-0.2, -0.15) is 0 Å². The number of anilines is 1. The standard InChI is InChI=1S/C11H9F2N3O3/c1-5-10(16-19-15-5)4-18-11(17)6-2-8(13)9(14)3-7(6)12/h2-3H,4,14H2,1H3. The lowest BCUT2D eigenvalue weighted by Crippen LogP contribution is -2.09. The molecule has 2 aromatic rings. The molecule has 0 saturated heterocycles. The van der Waals surface area contributed by atoms with E-state index in [1.165, 1.54) is 0 Å². The van der Waals surface area contributed by atoms with Crippen LogP contribution in [0.1, 0.15) is 21.7 Å². The number of ether oxygens (including phenoxy) is 1. The zero-order valence-corrected chi connectivity index (χ0v) is 9.81. The summed E-state index contributed by atoms with van der Waals surface area (Å²) in [6.07, 6.45) is 0. The molecule has 0 unspecified atom stereocenters. The first-order valence-corrected chi connectivity index (χ1v) is 5.18. The molecule has 0 spiro atoms. The molecule has 1 heterocycles. The maximum atomic E-state index is 13.4. The summed E-state index contributed by atoms with van der Waals surface area (Å²) in [6.45, 7) is 1.35. The molecule has 0 aliphatic carbocycles. The first kappa shape index (κ1) is 12.9. The first-order chi connectivity index (χ1) is 8.99. The van der Waals surface area contributed by atoms with Crippen LogP contribution in [0.2, 0.25) is 0 Å².